The highest BCUT2D eigenvalue weighted by Crippen LogP contribution is 2.24. The second-order valence-corrected chi connectivity index (χ2v) is 7.84. The molecule has 0 fully saturated rings. The van der Waals surface area contributed by atoms with Crippen molar-refractivity contribution in [2.45, 2.75) is 38.6 Å². The van der Waals surface area contributed by atoms with Crippen LogP contribution in [0.2, 0.25) is 0 Å². The molecule has 0 bridgehead atoms. The summed E-state index contributed by atoms with van der Waals surface area (Å²) in [6, 6.07) is 10.6. The third kappa shape index (κ3) is 5.46. The lowest BCUT2D eigenvalue weighted by Gasteiger charge is -2.17. The molecule has 2 aromatic carbocycles. The van der Waals surface area contributed by atoms with E-state index < -0.39 is 22.0 Å². The van der Waals surface area contributed by atoms with Crippen LogP contribution in [0.5, 0.6) is 11.5 Å². The van der Waals surface area contributed by atoms with Crippen LogP contribution in [-0.2, 0) is 14.8 Å². The second kappa shape index (κ2) is 9.57. The third-order valence-electron chi connectivity index (χ3n) is 3.93. The number of benzene rings is 2. The molecule has 2 aromatic rings. The molecule has 0 aromatic heterocycles. The van der Waals surface area contributed by atoms with Crippen molar-refractivity contribution in [3.8, 4) is 11.5 Å². The lowest BCUT2D eigenvalue weighted by molar-refractivity contribution is -0.117. The van der Waals surface area contributed by atoms with Gasteiger partial charge in [0.2, 0.25) is 15.9 Å². The van der Waals surface area contributed by atoms with E-state index in [1.165, 1.54) is 19.1 Å². The Hall–Kier alpha value is -2.58. The van der Waals surface area contributed by atoms with Crippen LogP contribution in [0, 0.1) is 6.92 Å². The molecule has 0 saturated heterocycles. The molecule has 0 aliphatic carbocycles. The fourth-order valence-electron chi connectivity index (χ4n) is 2.55. The zero-order chi connectivity index (χ0) is 20.7. The van der Waals surface area contributed by atoms with E-state index in [0.717, 1.165) is 0 Å². The van der Waals surface area contributed by atoms with Crippen molar-refractivity contribution in [3.05, 3.63) is 48.0 Å². The van der Waals surface area contributed by atoms with Gasteiger partial charge in [-0.3, -0.25) is 4.79 Å². The largest absolute Gasteiger partial charge is 0.494 e. The van der Waals surface area contributed by atoms with Crippen LogP contribution in [-0.4, -0.2) is 33.6 Å². The summed E-state index contributed by atoms with van der Waals surface area (Å²) >= 11 is 0. The summed E-state index contributed by atoms with van der Waals surface area (Å²) in [6.45, 7) is 7.89. The van der Waals surface area contributed by atoms with Gasteiger partial charge in [0.1, 0.15) is 11.5 Å². The summed E-state index contributed by atoms with van der Waals surface area (Å²) in [7, 11) is -3.87. The Morgan fingerprint density at radius 3 is 2.32 bits per heavy atom. The number of hydrogen-bond donors (Lipinski definition) is 2. The molecule has 8 heteroatoms. The van der Waals surface area contributed by atoms with E-state index in [1.54, 1.807) is 37.3 Å². The van der Waals surface area contributed by atoms with Crippen molar-refractivity contribution in [2.24, 2.45) is 0 Å². The van der Waals surface area contributed by atoms with Crippen LogP contribution >= 0.6 is 0 Å². The minimum Gasteiger partial charge on any atom is -0.494 e. The van der Waals surface area contributed by atoms with Gasteiger partial charge in [0, 0.05) is 0 Å². The Morgan fingerprint density at radius 2 is 1.68 bits per heavy atom. The maximum atomic E-state index is 12.6. The molecule has 0 radical (unpaired) electrons. The second-order valence-electron chi connectivity index (χ2n) is 6.12. The van der Waals surface area contributed by atoms with Gasteiger partial charge in [-0.2, -0.15) is 4.72 Å². The normalized spacial score (nSPS) is 12.3. The fourth-order valence-corrected chi connectivity index (χ4v) is 3.84. The van der Waals surface area contributed by atoms with E-state index in [4.69, 9.17) is 9.47 Å². The van der Waals surface area contributed by atoms with Crippen molar-refractivity contribution in [1.29, 1.82) is 0 Å². The van der Waals surface area contributed by atoms with Gasteiger partial charge in [-0.25, -0.2) is 8.42 Å². The van der Waals surface area contributed by atoms with Gasteiger partial charge in [0.05, 0.1) is 29.8 Å². The van der Waals surface area contributed by atoms with Crippen molar-refractivity contribution >= 4 is 21.6 Å². The number of anilines is 1. The predicted molar refractivity (Wildman–Crippen MR) is 108 cm³/mol. The molecular formula is C20H26N2O5S. The van der Waals surface area contributed by atoms with Crippen LogP contribution in [0.25, 0.3) is 0 Å². The average Bonchev–Trinajstić information content (AvgIpc) is 2.65. The first-order chi connectivity index (χ1) is 13.3. The molecule has 0 aliphatic heterocycles. The van der Waals surface area contributed by atoms with E-state index in [-0.39, 0.29) is 4.90 Å². The molecule has 0 aliphatic rings. The van der Waals surface area contributed by atoms with Crippen molar-refractivity contribution in [1.82, 2.24) is 4.72 Å². The predicted octanol–water partition coefficient (Wildman–Crippen LogP) is 3.10. The number of ether oxygens (including phenoxy) is 2. The molecule has 7 nitrogen and oxygen atoms in total. The number of carbonyl (C=O) groups is 1. The Morgan fingerprint density at radius 1 is 1.04 bits per heavy atom. The van der Waals surface area contributed by atoms with Crippen molar-refractivity contribution in [3.63, 3.8) is 0 Å². The topological polar surface area (TPSA) is 93.7 Å². The lowest BCUT2D eigenvalue weighted by atomic mass is 10.2. The number of rotatable bonds is 9. The van der Waals surface area contributed by atoms with Gasteiger partial charge in [0.25, 0.3) is 0 Å². The number of nitrogens with one attached hydrogen (secondary N) is 2. The van der Waals surface area contributed by atoms with Gasteiger partial charge in [0.15, 0.2) is 0 Å². The maximum Gasteiger partial charge on any atom is 0.242 e. The summed E-state index contributed by atoms with van der Waals surface area (Å²) in [5.74, 6) is 0.661. The van der Waals surface area contributed by atoms with E-state index in [2.05, 4.69) is 10.0 Å². The number of hydrogen-bond acceptors (Lipinski definition) is 5. The van der Waals surface area contributed by atoms with Crippen LogP contribution in [0.3, 0.4) is 0 Å². The highest BCUT2D eigenvalue weighted by atomic mass is 32.2. The van der Waals surface area contributed by atoms with Crippen LogP contribution < -0.4 is 19.5 Å². The quantitative estimate of drug-likeness (QED) is 0.667. The van der Waals surface area contributed by atoms with Gasteiger partial charge in [-0.05, 0) is 63.6 Å². The summed E-state index contributed by atoms with van der Waals surface area (Å²) < 4.78 is 38.6. The molecule has 0 heterocycles. The molecule has 0 unspecified atom stereocenters. The molecule has 28 heavy (non-hydrogen) atoms. The number of para-hydroxylation sites is 2. The Bertz CT molecular complexity index is 928. The molecule has 152 valence electrons. The zero-order valence-electron chi connectivity index (χ0n) is 16.5. The van der Waals surface area contributed by atoms with E-state index >= 15 is 0 Å². The maximum absolute atomic E-state index is 12.6. The standard InChI is InChI=1S/C20H26N2O5S/c1-5-26-18-12-11-16(13-14(18)3)28(24,25)22-15(4)20(23)21-17-9-7-8-10-19(17)27-6-2/h7-13,15,22H,5-6H2,1-4H3,(H,21,23)/t15-/m1/s1. The van der Waals surface area contributed by atoms with Gasteiger partial charge in [-0.1, -0.05) is 12.1 Å². The van der Waals surface area contributed by atoms with Gasteiger partial charge >= 0.3 is 0 Å². The van der Waals surface area contributed by atoms with Crippen molar-refractivity contribution in [2.75, 3.05) is 18.5 Å². The van der Waals surface area contributed by atoms with E-state index in [1.807, 2.05) is 13.8 Å². The SMILES string of the molecule is CCOc1ccc(S(=O)(=O)N[C@H](C)C(=O)Nc2ccccc2OCC)cc1C. The summed E-state index contributed by atoms with van der Waals surface area (Å²) in [4.78, 5) is 12.5. The fraction of sp³-hybridized carbons (Fsp3) is 0.350. The Kier molecular flexibility index (Phi) is 7.42. The Labute approximate surface area is 166 Å². The Balaban J connectivity index is 2.11. The minimum atomic E-state index is -3.87. The van der Waals surface area contributed by atoms with E-state index in [9.17, 15) is 13.2 Å². The molecule has 2 N–H and O–H groups in total. The minimum absolute atomic E-state index is 0.0721. The van der Waals surface area contributed by atoms with Crippen molar-refractivity contribution < 1.29 is 22.7 Å². The molecule has 1 atom stereocenters. The average molecular weight is 407 g/mol. The lowest BCUT2D eigenvalue weighted by Crippen LogP contribution is -2.41. The molecule has 2 rings (SSSR count). The number of carbonyl (C=O) groups excluding carboxylic acids is 1. The molecule has 0 saturated carbocycles. The monoisotopic (exact) mass is 406 g/mol. The first kappa shape index (κ1) is 21.7. The highest BCUT2D eigenvalue weighted by molar-refractivity contribution is 7.89. The zero-order valence-corrected chi connectivity index (χ0v) is 17.3. The summed E-state index contributed by atoms with van der Waals surface area (Å²) in [6.07, 6.45) is 0. The number of amides is 1. The van der Waals surface area contributed by atoms with E-state index in [0.29, 0.717) is 36.0 Å². The first-order valence-electron chi connectivity index (χ1n) is 9.07. The summed E-state index contributed by atoms with van der Waals surface area (Å²) in [5, 5.41) is 2.70. The first-order valence-corrected chi connectivity index (χ1v) is 10.5. The van der Waals surface area contributed by atoms with Gasteiger partial charge < -0.3 is 14.8 Å². The molecular weight excluding hydrogens is 380 g/mol. The van der Waals surface area contributed by atoms with Crippen LogP contribution in [0.15, 0.2) is 47.4 Å². The van der Waals surface area contributed by atoms with Crippen LogP contribution in [0.1, 0.15) is 26.3 Å². The van der Waals surface area contributed by atoms with Crippen LogP contribution in [0.4, 0.5) is 5.69 Å². The molecule has 0 spiro atoms. The highest BCUT2D eigenvalue weighted by Gasteiger charge is 2.23. The summed E-state index contributed by atoms with van der Waals surface area (Å²) in [5.41, 5.74) is 1.18. The van der Waals surface area contributed by atoms with Gasteiger partial charge in [-0.15, -0.1) is 0 Å². The third-order valence-corrected chi connectivity index (χ3v) is 5.46. The number of sulfonamides is 1. The number of aryl methyl sites for hydroxylation is 1. The smallest absolute Gasteiger partial charge is 0.242 e. The molecule has 1 amide bonds.